The first kappa shape index (κ1) is 35.0. The lowest BCUT2D eigenvalue weighted by molar-refractivity contribution is -0.525. The number of guanidine groups is 1. The minimum absolute atomic E-state index is 0.00846. The molecular formula is C31H48BN5O7S. The largest absolute Gasteiger partial charge is 0.481 e. The number of rotatable bonds is 17. The number of ketones is 2. The number of nitro groups is 1. The molecule has 1 aliphatic heterocycles. The number of hydrazine groups is 1. The Morgan fingerprint density at radius 3 is 2.62 bits per heavy atom. The lowest BCUT2D eigenvalue weighted by Gasteiger charge is -2.64. The number of Topliss-reactive ketones (excluding diaryl/α,β-unsaturated/α-hetero) is 2. The van der Waals surface area contributed by atoms with Crippen LogP contribution in [-0.4, -0.2) is 59.8 Å². The molecule has 2 heterocycles. The van der Waals surface area contributed by atoms with E-state index in [9.17, 15) is 24.5 Å². The highest BCUT2D eigenvalue weighted by Crippen LogP contribution is 2.65. The van der Waals surface area contributed by atoms with Crippen LogP contribution in [0.15, 0.2) is 22.5 Å². The summed E-state index contributed by atoms with van der Waals surface area (Å²) in [6.45, 7) is 11.1. The molecule has 4 fully saturated rings. The molecule has 1 amide bonds. The Hall–Kier alpha value is -2.84. The lowest BCUT2D eigenvalue weighted by Crippen LogP contribution is -2.65. The number of amides is 1. The van der Waals surface area contributed by atoms with Gasteiger partial charge in [-0.25, -0.2) is 15.1 Å². The summed E-state index contributed by atoms with van der Waals surface area (Å²) in [5.41, 5.74) is 7.12. The van der Waals surface area contributed by atoms with Crippen molar-refractivity contribution >= 4 is 41.9 Å². The molecule has 1 aromatic heterocycles. The normalized spacial score (nSPS) is 26.5. The van der Waals surface area contributed by atoms with Crippen molar-refractivity contribution in [2.75, 3.05) is 6.54 Å². The first-order valence-electron chi connectivity index (χ1n) is 16.1. The molecule has 248 valence electrons. The number of nitrogens with two attached hydrogens (primary N) is 1. The van der Waals surface area contributed by atoms with Crippen LogP contribution in [0.1, 0.15) is 102 Å². The maximum absolute atomic E-state index is 13.8. The second-order valence-corrected chi connectivity index (χ2v) is 15.0. The van der Waals surface area contributed by atoms with Gasteiger partial charge in [0.2, 0.25) is 5.91 Å². The number of thiophene rings is 1. The van der Waals surface area contributed by atoms with Gasteiger partial charge in [0.25, 0.3) is 5.96 Å². The molecule has 12 nitrogen and oxygen atoms in total. The van der Waals surface area contributed by atoms with Gasteiger partial charge in [0.05, 0.1) is 22.5 Å². The zero-order valence-electron chi connectivity index (χ0n) is 27.1. The molecule has 0 spiro atoms. The number of hydrogen-bond donors (Lipinski definition) is 3. The molecule has 14 heteroatoms. The summed E-state index contributed by atoms with van der Waals surface area (Å²) in [6, 6.07) is 3.60. The number of aliphatic imine (C=N–C) groups is 1. The Morgan fingerprint density at radius 1 is 1.22 bits per heavy atom. The average molecular weight is 646 g/mol. The number of nitrogens with zero attached hydrogens (tertiary/aromatic N) is 2. The zero-order chi connectivity index (χ0) is 32.9. The number of carbonyl (C=O) groups is 3. The summed E-state index contributed by atoms with van der Waals surface area (Å²) >= 11 is 1.38. The third kappa shape index (κ3) is 8.50. The highest BCUT2D eigenvalue weighted by molar-refractivity contribution is 7.12. The number of carbonyl (C=O) groups excluding carboxylic acids is 3. The molecule has 0 aromatic carbocycles. The minimum Gasteiger partial charge on any atom is -0.404 e. The average Bonchev–Trinajstić information content (AvgIpc) is 3.61. The van der Waals surface area contributed by atoms with Crippen molar-refractivity contribution in [3.8, 4) is 0 Å². The molecule has 3 saturated carbocycles. The molecule has 0 radical (unpaired) electrons. The van der Waals surface area contributed by atoms with Crippen LogP contribution in [0.25, 0.3) is 0 Å². The summed E-state index contributed by atoms with van der Waals surface area (Å²) in [6.07, 6.45) is 4.33. The predicted molar refractivity (Wildman–Crippen MR) is 173 cm³/mol. The third-order valence-corrected chi connectivity index (χ3v) is 11.0. The van der Waals surface area contributed by atoms with Crippen molar-refractivity contribution in [2.24, 2.45) is 39.8 Å². The highest BCUT2D eigenvalue weighted by Gasteiger charge is 2.68. The standard InChI is InChI=1S/C31H48BN5O7S/c1-19(2)15-27(32-43-26-18-21-17-25(30(21,3)4)31(26,5)44-32)35-28(40)20(9-7-13-34-29(33)36-37(41)42)16-22(38)10-6-11-23(39)24-12-8-14-45-24/h8,12,14,19-21,25-27H,6-7,9-11,13,15-18H2,1-5H3,(H,35,40)(H3,33,34,36)/t20-,21+,25+,26-,27+,31+/m1/s1. The molecule has 3 aliphatic carbocycles. The van der Waals surface area contributed by atoms with E-state index in [0.29, 0.717) is 42.4 Å². The van der Waals surface area contributed by atoms with Crippen molar-refractivity contribution < 1.29 is 28.7 Å². The van der Waals surface area contributed by atoms with Crippen molar-refractivity contribution in [3.05, 3.63) is 32.5 Å². The molecule has 45 heavy (non-hydrogen) atoms. The fourth-order valence-electron chi connectivity index (χ4n) is 7.49. The monoisotopic (exact) mass is 645 g/mol. The van der Waals surface area contributed by atoms with E-state index in [1.54, 1.807) is 11.5 Å². The third-order valence-electron chi connectivity index (χ3n) is 10.0. The van der Waals surface area contributed by atoms with Crippen LogP contribution in [0.2, 0.25) is 0 Å². The van der Waals surface area contributed by atoms with Crippen LogP contribution in [0, 0.1) is 39.2 Å². The van der Waals surface area contributed by atoms with Gasteiger partial charge in [0.1, 0.15) is 5.78 Å². The smallest absolute Gasteiger partial charge is 0.404 e. The van der Waals surface area contributed by atoms with E-state index < -0.39 is 23.7 Å². The molecule has 1 aromatic rings. The summed E-state index contributed by atoms with van der Waals surface area (Å²) in [4.78, 5) is 54.5. The summed E-state index contributed by atoms with van der Waals surface area (Å²) < 4.78 is 13.2. The van der Waals surface area contributed by atoms with Crippen molar-refractivity contribution in [1.29, 1.82) is 0 Å². The Morgan fingerprint density at radius 2 is 1.98 bits per heavy atom. The SMILES string of the molecule is CC(C)C[C@H](NC(=O)[C@H](CCCN=C(N)N[N+](=O)[O-])CC(=O)CCCC(=O)c1cccs1)B1O[C@@H]2C[C@@H]3C[C@@H](C3(C)C)[C@]2(C)O1. The van der Waals surface area contributed by atoms with Crippen LogP contribution in [0.3, 0.4) is 0 Å². The Bertz CT molecular complexity index is 1260. The van der Waals surface area contributed by atoms with E-state index in [-0.39, 0.29) is 72.6 Å². The highest BCUT2D eigenvalue weighted by atomic mass is 32.1. The first-order chi connectivity index (χ1) is 21.2. The van der Waals surface area contributed by atoms with Crippen LogP contribution >= 0.6 is 11.3 Å². The maximum Gasteiger partial charge on any atom is 0.481 e. The van der Waals surface area contributed by atoms with Gasteiger partial charge in [0, 0.05) is 31.7 Å². The Balaban J connectivity index is 1.40. The van der Waals surface area contributed by atoms with E-state index in [4.69, 9.17) is 15.0 Å². The van der Waals surface area contributed by atoms with Crippen molar-refractivity contribution in [1.82, 2.24) is 10.7 Å². The predicted octanol–water partition coefficient (Wildman–Crippen LogP) is 4.35. The van der Waals surface area contributed by atoms with Gasteiger partial charge in [-0.15, -0.1) is 11.3 Å². The van der Waals surface area contributed by atoms with Gasteiger partial charge < -0.3 is 20.4 Å². The van der Waals surface area contributed by atoms with E-state index in [1.807, 2.05) is 11.4 Å². The van der Waals surface area contributed by atoms with Crippen molar-refractivity contribution in [2.45, 2.75) is 110 Å². The minimum atomic E-state index is -0.792. The second kappa shape index (κ2) is 14.7. The number of nitrogens with one attached hydrogen (secondary N) is 2. The first-order valence-corrected chi connectivity index (χ1v) is 17.0. The molecule has 6 atom stereocenters. The fourth-order valence-corrected chi connectivity index (χ4v) is 8.19. The van der Waals surface area contributed by atoms with Gasteiger partial charge >= 0.3 is 7.12 Å². The van der Waals surface area contributed by atoms with Crippen LogP contribution < -0.4 is 16.5 Å². The van der Waals surface area contributed by atoms with Crippen molar-refractivity contribution in [3.63, 3.8) is 0 Å². The molecule has 0 unspecified atom stereocenters. The summed E-state index contributed by atoms with van der Waals surface area (Å²) in [5, 5.41) is 14.8. The molecule has 4 N–H and O–H groups in total. The van der Waals surface area contributed by atoms with Crippen LogP contribution in [0.5, 0.6) is 0 Å². The van der Waals surface area contributed by atoms with E-state index in [1.165, 1.54) is 11.3 Å². The van der Waals surface area contributed by atoms with E-state index in [2.05, 4.69) is 44.9 Å². The van der Waals surface area contributed by atoms with Crippen LogP contribution in [-0.2, 0) is 18.9 Å². The topological polar surface area (TPSA) is 175 Å². The van der Waals surface area contributed by atoms with E-state index >= 15 is 0 Å². The van der Waals surface area contributed by atoms with Gasteiger partial charge in [-0.1, -0.05) is 39.2 Å². The van der Waals surface area contributed by atoms with E-state index in [0.717, 1.165) is 12.8 Å². The fraction of sp³-hybridized carbons (Fsp3) is 0.742. The van der Waals surface area contributed by atoms with Gasteiger partial charge in [-0.05, 0) is 80.1 Å². The Labute approximate surface area is 269 Å². The maximum atomic E-state index is 13.8. The van der Waals surface area contributed by atoms with Gasteiger partial charge in [0.15, 0.2) is 10.8 Å². The quantitative estimate of drug-likeness (QED) is 0.0423. The Kier molecular flexibility index (Phi) is 11.5. The molecule has 2 bridgehead atoms. The summed E-state index contributed by atoms with van der Waals surface area (Å²) in [5.74, 6) is -0.452. The molecule has 5 rings (SSSR count). The summed E-state index contributed by atoms with van der Waals surface area (Å²) in [7, 11) is -0.585. The lowest BCUT2D eigenvalue weighted by atomic mass is 9.43. The molecular weight excluding hydrogens is 597 g/mol. The number of hydrogen-bond acceptors (Lipinski definition) is 9. The van der Waals surface area contributed by atoms with Gasteiger partial charge in [-0.2, -0.15) is 0 Å². The second-order valence-electron chi connectivity index (χ2n) is 14.1. The van der Waals surface area contributed by atoms with Gasteiger partial charge in [-0.3, -0.25) is 14.4 Å². The molecule has 1 saturated heterocycles. The van der Waals surface area contributed by atoms with Crippen LogP contribution in [0.4, 0.5) is 0 Å². The molecule has 4 aliphatic rings. The zero-order valence-corrected chi connectivity index (χ0v) is 27.9.